The molecule has 0 fully saturated rings. The van der Waals surface area contributed by atoms with Gasteiger partial charge in [0, 0.05) is 18.0 Å². The van der Waals surface area contributed by atoms with Gasteiger partial charge in [0.25, 0.3) is 0 Å². The maximum absolute atomic E-state index is 12.9. The summed E-state index contributed by atoms with van der Waals surface area (Å²) in [5, 5.41) is 11.4. The van der Waals surface area contributed by atoms with Crippen LogP contribution in [-0.4, -0.2) is 29.9 Å². The summed E-state index contributed by atoms with van der Waals surface area (Å²) in [5.74, 6) is -1.73. The standard InChI is InChI=1S/C14H19F2NO2S/c15-12-6-5-11(9-13(12)16)20-10-14(19)17-7-3-1-2-4-8-18/h5-6,9,18H,1-4,7-8,10H2,(H,17,19). The first kappa shape index (κ1) is 16.9. The van der Waals surface area contributed by atoms with Crippen LogP contribution in [0.1, 0.15) is 25.7 Å². The van der Waals surface area contributed by atoms with Gasteiger partial charge in [0.1, 0.15) is 0 Å². The molecule has 0 radical (unpaired) electrons. The fraction of sp³-hybridized carbons (Fsp3) is 0.500. The lowest BCUT2D eigenvalue weighted by molar-refractivity contribution is -0.118. The highest BCUT2D eigenvalue weighted by Crippen LogP contribution is 2.19. The van der Waals surface area contributed by atoms with Crippen LogP contribution in [-0.2, 0) is 4.79 Å². The number of halogens is 2. The van der Waals surface area contributed by atoms with Crippen molar-refractivity contribution >= 4 is 17.7 Å². The lowest BCUT2D eigenvalue weighted by Gasteiger charge is -2.05. The number of thioether (sulfide) groups is 1. The summed E-state index contributed by atoms with van der Waals surface area (Å²) in [6.07, 6.45) is 3.59. The molecule has 0 atom stereocenters. The zero-order valence-electron chi connectivity index (χ0n) is 11.2. The minimum Gasteiger partial charge on any atom is -0.396 e. The first-order valence-electron chi connectivity index (χ1n) is 6.59. The molecule has 0 heterocycles. The van der Waals surface area contributed by atoms with Crippen molar-refractivity contribution in [3.8, 4) is 0 Å². The number of aliphatic hydroxyl groups is 1. The third-order valence-electron chi connectivity index (χ3n) is 2.67. The number of amides is 1. The van der Waals surface area contributed by atoms with Gasteiger partial charge in [-0.25, -0.2) is 8.78 Å². The van der Waals surface area contributed by atoms with Crippen molar-refractivity contribution in [1.82, 2.24) is 5.32 Å². The van der Waals surface area contributed by atoms with Gasteiger partial charge in [0.05, 0.1) is 5.75 Å². The summed E-state index contributed by atoms with van der Waals surface area (Å²) in [6, 6.07) is 3.59. The highest BCUT2D eigenvalue weighted by molar-refractivity contribution is 8.00. The van der Waals surface area contributed by atoms with Crippen LogP contribution in [0, 0.1) is 11.6 Å². The smallest absolute Gasteiger partial charge is 0.230 e. The van der Waals surface area contributed by atoms with Gasteiger partial charge < -0.3 is 10.4 Å². The summed E-state index contributed by atoms with van der Waals surface area (Å²) in [5.41, 5.74) is 0. The van der Waals surface area contributed by atoms with E-state index in [4.69, 9.17) is 5.11 Å². The van der Waals surface area contributed by atoms with Crippen LogP contribution < -0.4 is 5.32 Å². The van der Waals surface area contributed by atoms with Gasteiger partial charge in [0.2, 0.25) is 5.91 Å². The molecule has 1 aromatic rings. The van der Waals surface area contributed by atoms with E-state index in [2.05, 4.69) is 5.32 Å². The summed E-state index contributed by atoms with van der Waals surface area (Å²) < 4.78 is 25.7. The number of hydrogen-bond donors (Lipinski definition) is 2. The molecule has 112 valence electrons. The zero-order valence-corrected chi connectivity index (χ0v) is 12.0. The average molecular weight is 303 g/mol. The van der Waals surface area contributed by atoms with Gasteiger partial charge in [-0.2, -0.15) is 0 Å². The van der Waals surface area contributed by atoms with Crippen LogP contribution in [0.15, 0.2) is 23.1 Å². The van der Waals surface area contributed by atoms with Crippen LogP contribution in [0.5, 0.6) is 0 Å². The van der Waals surface area contributed by atoms with E-state index in [1.807, 2.05) is 0 Å². The molecule has 2 N–H and O–H groups in total. The Morgan fingerprint density at radius 3 is 2.60 bits per heavy atom. The first-order chi connectivity index (χ1) is 9.63. The van der Waals surface area contributed by atoms with Crippen molar-refractivity contribution in [2.45, 2.75) is 30.6 Å². The molecule has 0 saturated carbocycles. The van der Waals surface area contributed by atoms with Crippen LogP contribution in [0.25, 0.3) is 0 Å². The molecule has 0 aliphatic carbocycles. The zero-order chi connectivity index (χ0) is 14.8. The van der Waals surface area contributed by atoms with E-state index >= 15 is 0 Å². The molecule has 6 heteroatoms. The molecule has 1 aromatic carbocycles. The topological polar surface area (TPSA) is 49.3 Å². The molecule has 20 heavy (non-hydrogen) atoms. The van der Waals surface area contributed by atoms with Gasteiger partial charge in [-0.1, -0.05) is 12.8 Å². The second-order valence-corrected chi connectivity index (χ2v) is 5.40. The fourth-order valence-corrected chi connectivity index (χ4v) is 2.34. The van der Waals surface area contributed by atoms with E-state index in [1.54, 1.807) is 0 Å². The molecule has 3 nitrogen and oxygen atoms in total. The number of aliphatic hydroxyl groups excluding tert-OH is 1. The predicted octanol–water partition coefficient (Wildman–Crippen LogP) is 2.73. The van der Waals surface area contributed by atoms with Gasteiger partial charge >= 0.3 is 0 Å². The molecule has 0 bridgehead atoms. The Hall–Kier alpha value is -1.14. The Balaban J connectivity index is 2.15. The van der Waals surface area contributed by atoms with E-state index in [1.165, 1.54) is 17.8 Å². The molecule has 0 saturated heterocycles. The van der Waals surface area contributed by atoms with Crippen molar-refractivity contribution in [2.75, 3.05) is 18.9 Å². The Bertz CT molecular complexity index is 430. The largest absolute Gasteiger partial charge is 0.396 e. The number of hydrogen-bond acceptors (Lipinski definition) is 3. The quantitative estimate of drug-likeness (QED) is 0.545. The highest BCUT2D eigenvalue weighted by Gasteiger charge is 2.05. The molecule has 0 aromatic heterocycles. The highest BCUT2D eigenvalue weighted by atomic mass is 32.2. The van der Waals surface area contributed by atoms with Crippen molar-refractivity contribution < 1.29 is 18.7 Å². The first-order valence-corrected chi connectivity index (χ1v) is 7.57. The fourth-order valence-electron chi connectivity index (χ4n) is 1.58. The van der Waals surface area contributed by atoms with E-state index < -0.39 is 11.6 Å². The summed E-state index contributed by atoms with van der Waals surface area (Å²) in [6.45, 7) is 0.805. The van der Waals surface area contributed by atoms with Crippen molar-refractivity contribution in [1.29, 1.82) is 0 Å². The van der Waals surface area contributed by atoms with Crippen LogP contribution in [0.4, 0.5) is 8.78 Å². The predicted molar refractivity (Wildman–Crippen MR) is 75.6 cm³/mol. The van der Waals surface area contributed by atoms with E-state index in [-0.39, 0.29) is 18.3 Å². The second-order valence-electron chi connectivity index (χ2n) is 4.35. The third kappa shape index (κ3) is 6.86. The van der Waals surface area contributed by atoms with Crippen molar-refractivity contribution in [2.24, 2.45) is 0 Å². The maximum Gasteiger partial charge on any atom is 0.230 e. The van der Waals surface area contributed by atoms with Crippen molar-refractivity contribution in [3.63, 3.8) is 0 Å². The summed E-state index contributed by atoms with van der Waals surface area (Å²) >= 11 is 1.17. The van der Waals surface area contributed by atoms with E-state index in [0.717, 1.165) is 37.8 Å². The number of benzene rings is 1. The SMILES string of the molecule is O=C(CSc1ccc(F)c(F)c1)NCCCCCCO. The monoisotopic (exact) mass is 303 g/mol. The normalized spacial score (nSPS) is 10.6. The lowest BCUT2D eigenvalue weighted by Crippen LogP contribution is -2.26. The minimum absolute atomic E-state index is 0.123. The maximum atomic E-state index is 12.9. The van der Waals surface area contributed by atoms with Gasteiger partial charge in [0.15, 0.2) is 11.6 Å². The Kier molecular flexibility index (Phi) is 8.22. The molecule has 0 unspecified atom stereocenters. The lowest BCUT2D eigenvalue weighted by atomic mass is 10.2. The summed E-state index contributed by atoms with van der Waals surface area (Å²) in [7, 11) is 0. The Morgan fingerprint density at radius 1 is 1.15 bits per heavy atom. The average Bonchev–Trinajstić information content (AvgIpc) is 2.44. The van der Waals surface area contributed by atoms with E-state index in [0.29, 0.717) is 11.4 Å². The molecule has 0 aliphatic rings. The molecule has 0 spiro atoms. The Labute approximate surface area is 121 Å². The number of carbonyl (C=O) groups excluding carboxylic acids is 1. The van der Waals surface area contributed by atoms with E-state index in [9.17, 15) is 13.6 Å². The molecule has 0 aliphatic heterocycles. The van der Waals surface area contributed by atoms with Gasteiger partial charge in [-0.3, -0.25) is 4.79 Å². The van der Waals surface area contributed by atoms with Crippen LogP contribution in [0.3, 0.4) is 0 Å². The minimum atomic E-state index is -0.903. The second kappa shape index (κ2) is 9.72. The molecule has 1 rings (SSSR count). The summed E-state index contributed by atoms with van der Waals surface area (Å²) in [4.78, 5) is 12.0. The number of unbranched alkanes of at least 4 members (excludes halogenated alkanes) is 3. The number of nitrogens with one attached hydrogen (secondary N) is 1. The molecular weight excluding hydrogens is 284 g/mol. The van der Waals surface area contributed by atoms with Crippen LogP contribution in [0.2, 0.25) is 0 Å². The van der Waals surface area contributed by atoms with Crippen molar-refractivity contribution in [3.05, 3.63) is 29.8 Å². The number of carbonyl (C=O) groups is 1. The Morgan fingerprint density at radius 2 is 1.90 bits per heavy atom. The number of rotatable bonds is 9. The third-order valence-corrected chi connectivity index (χ3v) is 3.66. The molecular formula is C14H19F2NO2S. The van der Waals surface area contributed by atoms with Gasteiger partial charge in [-0.15, -0.1) is 11.8 Å². The van der Waals surface area contributed by atoms with Crippen LogP contribution >= 0.6 is 11.8 Å². The van der Waals surface area contributed by atoms with Gasteiger partial charge in [-0.05, 0) is 31.0 Å². The molecule has 1 amide bonds.